The molecule has 0 saturated heterocycles. The lowest BCUT2D eigenvalue weighted by Crippen LogP contribution is -2.29. The molecule has 1 N–H and O–H groups in total. The zero-order valence-electron chi connectivity index (χ0n) is 12.2. The summed E-state index contributed by atoms with van der Waals surface area (Å²) in [4.78, 5) is 0. The van der Waals surface area contributed by atoms with Crippen molar-refractivity contribution < 1.29 is 9.47 Å². The van der Waals surface area contributed by atoms with Crippen LogP contribution in [0.5, 0.6) is 11.5 Å². The third-order valence-corrected chi connectivity index (χ3v) is 3.30. The van der Waals surface area contributed by atoms with E-state index in [0.29, 0.717) is 0 Å². The average molecular weight is 271 g/mol. The van der Waals surface area contributed by atoms with Crippen LogP contribution in [0.3, 0.4) is 0 Å². The summed E-state index contributed by atoms with van der Waals surface area (Å²) in [5, 5.41) is 3.40. The molecular formula is C17H21NO2. The molecule has 0 aromatic heterocycles. The van der Waals surface area contributed by atoms with E-state index in [1.807, 2.05) is 61.5 Å². The molecule has 106 valence electrons. The van der Waals surface area contributed by atoms with Crippen LogP contribution in [-0.4, -0.2) is 19.3 Å². The molecule has 0 amide bonds. The highest BCUT2D eigenvalue weighted by Gasteiger charge is 2.10. The van der Waals surface area contributed by atoms with Gasteiger partial charge in [-0.05, 0) is 50.2 Å². The van der Waals surface area contributed by atoms with Crippen molar-refractivity contribution in [3.63, 3.8) is 0 Å². The fourth-order valence-corrected chi connectivity index (χ4v) is 1.83. The summed E-state index contributed by atoms with van der Waals surface area (Å²) in [6, 6.07) is 18.0. The smallest absolute Gasteiger partial charge is 0.127 e. The molecule has 0 radical (unpaired) electrons. The maximum absolute atomic E-state index is 5.75. The minimum absolute atomic E-state index is 0.162. The Morgan fingerprint density at radius 3 is 2.05 bits per heavy atom. The van der Waals surface area contributed by atoms with E-state index in [2.05, 4.69) is 12.2 Å². The fraction of sp³-hybridized carbons (Fsp3) is 0.294. The molecule has 2 aromatic rings. The fourth-order valence-electron chi connectivity index (χ4n) is 1.83. The molecule has 0 fully saturated rings. The van der Waals surface area contributed by atoms with Crippen molar-refractivity contribution in [2.24, 2.45) is 0 Å². The molecule has 0 aliphatic carbocycles. The molecule has 3 nitrogen and oxygen atoms in total. The van der Waals surface area contributed by atoms with Gasteiger partial charge in [0.15, 0.2) is 0 Å². The summed E-state index contributed by atoms with van der Waals surface area (Å²) < 4.78 is 11.1. The number of benzene rings is 2. The van der Waals surface area contributed by atoms with E-state index in [1.54, 1.807) is 7.11 Å². The number of methoxy groups -OCH3 is 1. The zero-order chi connectivity index (χ0) is 14.4. The Hall–Kier alpha value is -2.00. The van der Waals surface area contributed by atoms with Gasteiger partial charge in [-0.25, -0.2) is 0 Å². The normalized spacial score (nSPS) is 13.6. The number of para-hydroxylation sites is 1. The summed E-state index contributed by atoms with van der Waals surface area (Å²) in [6.07, 6.45) is 0.162. The molecule has 2 atom stereocenters. The highest BCUT2D eigenvalue weighted by atomic mass is 16.5. The minimum atomic E-state index is 0.162. The van der Waals surface area contributed by atoms with E-state index in [1.165, 1.54) is 0 Å². The van der Waals surface area contributed by atoms with Crippen LogP contribution in [0, 0.1) is 0 Å². The van der Waals surface area contributed by atoms with Crippen LogP contribution >= 0.6 is 0 Å². The van der Waals surface area contributed by atoms with Gasteiger partial charge in [0.1, 0.15) is 11.5 Å². The lowest BCUT2D eigenvalue weighted by molar-refractivity contribution is 0.106. The Morgan fingerprint density at radius 2 is 1.45 bits per heavy atom. The Bertz CT molecular complexity index is 510. The number of nitrogens with one attached hydrogen (secondary N) is 1. The molecule has 0 spiro atoms. The standard InChI is InChI=1S/C17H21NO2/c1-13(14(2)19-3)18-15-9-11-17(12-10-15)20-16-7-5-4-6-8-16/h4-14,18H,1-3H3. The lowest BCUT2D eigenvalue weighted by Gasteiger charge is -2.21. The topological polar surface area (TPSA) is 30.5 Å². The first kappa shape index (κ1) is 14.4. The molecule has 2 aromatic carbocycles. The van der Waals surface area contributed by atoms with Crippen molar-refractivity contribution in [3.8, 4) is 11.5 Å². The number of anilines is 1. The van der Waals surface area contributed by atoms with Crippen molar-refractivity contribution in [1.29, 1.82) is 0 Å². The summed E-state index contributed by atoms with van der Waals surface area (Å²) in [6.45, 7) is 4.15. The summed E-state index contributed by atoms with van der Waals surface area (Å²) in [5.74, 6) is 1.67. The predicted octanol–water partition coefficient (Wildman–Crippen LogP) is 4.31. The van der Waals surface area contributed by atoms with Crippen molar-refractivity contribution in [3.05, 3.63) is 54.6 Å². The van der Waals surface area contributed by atoms with Gasteiger partial charge < -0.3 is 14.8 Å². The van der Waals surface area contributed by atoms with Gasteiger partial charge in [0.2, 0.25) is 0 Å². The summed E-state index contributed by atoms with van der Waals surface area (Å²) in [7, 11) is 1.72. The number of hydrogen-bond acceptors (Lipinski definition) is 3. The maximum Gasteiger partial charge on any atom is 0.127 e. The van der Waals surface area contributed by atoms with E-state index in [0.717, 1.165) is 17.2 Å². The lowest BCUT2D eigenvalue weighted by atomic mass is 10.2. The van der Waals surface area contributed by atoms with Crippen LogP contribution in [-0.2, 0) is 4.74 Å². The maximum atomic E-state index is 5.75. The molecular weight excluding hydrogens is 250 g/mol. The first-order chi connectivity index (χ1) is 9.69. The zero-order valence-corrected chi connectivity index (χ0v) is 12.2. The Morgan fingerprint density at radius 1 is 0.850 bits per heavy atom. The van der Waals surface area contributed by atoms with Crippen LogP contribution in [0.2, 0.25) is 0 Å². The first-order valence-electron chi connectivity index (χ1n) is 6.81. The van der Waals surface area contributed by atoms with Gasteiger partial charge in [-0.1, -0.05) is 18.2 Å². The second-order valence-corrected chi connectivity index (χ2v) is 4.81. The SMILES string of the molecule is COC(C)C(C)Nc1ccc(Oc2ccccc2)cc1. The van der Waals surface area contributed by atoms with Crippen LogP contribution in [0.25, 0.3) is 0 Å². The molecule has 20 heavy (non-hydrogen) atoms. The van der Waals surface area contributed by atoms with Gasteiger partial charge in [-0.2, -0.15) is 0 Å². The molecule has 0 bridgehead atoms. The Kier molecular flexibility index (Phi) is 5.02. The summed E-state index contributed by atoms with van der Waals surface area (Å²) >= 11 is 0. The van der Waals surface area contributed by atoms with Crippen molar-refractivity contribution in [1.82, 2.24) is 0 Å². The Labute approximate surface area is 120 Å². The van der Waals surface area contributed by atoms with Crippen LogP contribution < -0.4 is 10.1 Å². The van der Waals surface area contributed by atoms with E-state index in [9.17, 15) is 0 Å². The van der Waals surface area contributed by atoms with Gasteiger partial charge in [-0.15, -0.1) is 0 Å². The minimum Gasteiger partial charge on any atom is -0.457 e. The van der Waals surface area contributed by atoms with Gasteiger partial charge in [0.05, 0.1) is 6.10 Å². The highest BCUT2D eigenvalue weighted by Crippen LogP contribution is 2.23. The van der Waals surface area contributed by atoms with Crippen LogP contribution in [0.15, 0.2) is 54.6 Å². The van der Waals surface area contributed by atoms with Gasteiger partial charge in [-0.3, -0.25) is 0 Å². The second-order valence-electron chi connectivity index (χ2n) is 4.81. The Balaban J connectivity index is 1.96. The van der Waals surface area contributed by atoms with Crippen molar-refractivity contribution in [2.45, 2.75) is 26.0 Å². The predicted molar refractivity (Wildman–Crippen MR) is 82.5 cm³/mol. The molecule has 2 rings (SSSR count). The molecule has 0 aliphatic heterocycles. The quantitative estimate of drug-likeness (QED) is 0.849. The first-order valence-corrected chi connectivity index (χ1v) is 6.81. The molecule has 0 aliphatic rings. The largest absolute Gasteiger partial charge is 0.457 e. The van der Waals surface area contributed by atoms with E-state index >= 15 is 0 Å². The monoisotopic (exact) mass is 271 g/mol. The van der Waals surface area contributed by atoms with Gasteiger partial charge in [0.25, 0.3) is 0 Å². The van der Waals surface area contributed by atoms with Crippen LogP contribution in [0.4, 0.5) is 5.69 Å². The van der Waals surface area contributed by atoms with Crippen molar-refractivity contribution in [2.75, 3.05) is 12.4 Å². The van der Waals surface area contributed by atoms with E-state index in [-0.39, 0.29) is 12.1 Å². The number of hydrogen-bond donors (Lipinski definition) is 1. The van der Waals surface area contributed by atoms with Crippen LogP contribution in [0.1, 0.15) is 13.8 Å². The number of ether oxygens (including phenoxy) is 2. The third kappa shape index (κ3) is 4.00. The molecule has 3 heteroatoms. The van der Waals surface area contributed by atoms with Gasteiger partial charge >= 0.3 is 0 Å². The van der Waals surface area contributed by atoms with Gasteiger partial charge in [0, 0.05) is 18.8 Å². The molecule has 2 unspecified atom stereocenters. The summed E-state index contributed by atoms with van der Waals surface area (Å²) in [5.41, 5.74) is 1.06. The van der Waals surface area contributed by atoms with E-state index in [4.69, 9.17) is 9.47 Å². The molecule has 0 heterocycles. The van der Waals surface area contributed by atoms with E-state index < -0.39 is 0 Å². The molecule has 0 saturated carbocycles. The third-order valence-electron chi connectivity index (χ3n) is 3.30. The average Bonchev–Trinajstić information content (AvgIpc) is 2.49. The van der Waals surface area contributed by atoms with Crippen molar-refractivity contribution >= 4 is 5.69 Å². The second kappa shape index (κ2) is 6.96. The number of rotatable bonds is 6. The highest BCUT2D eigenvalue weighted by molar-refractivity contribution is 5.47.